The Morgan fingerprint density at radius 2 is 1.88 bits per heavy atom. The first-order chi connectivity index (χ1) is 12.3. The molecule has 1 unspecified atom stereocenters. The van der Waals surface area contributed by atoms with Crippen LogP contribution in [0.2, 0.25) is 0 Å². The van der Waals surface area contributed by atoms with Crippen LogP contribution in [0.25, 0.3) is 0 Å². The molecule has 7 heteroatoms. The minimum Gasteiger partial charge on any atom is -0.497 e. The number of rotatable bonds is 9. The van der Waals surface area contributed by atoms with Crippen molar-refractivity contribution in [3.05, 3.63) is 66.1 Å². The Hall–Kier alpha value is -2.09. The summed E-state index contributed by atoms with van der Waals surface area (Å²) < 4.78 is 39.3. The highest BCUT2D eigenvalue weighted by atomic mass is 32.2. The number of ether oxygens (including phenoxy) is 1. The quantitative estimate of drug-likeness (QED) is 0.626. The summed E-state index contributed by atoms with van der Waals surface area (Å²) in [6.45, 7) is 6.01. The molecule has 1 heterocycles. The molecule has 0 spiro atoms. The molecule has 142 valence electrons. The van der Waals surface area contributed by atoms with Gasteiger partial charge in [0.25, 0.3) is 10.2 Å². The summed E-state index contributed by atoms with van der Waals surface area (Å²) >= 11 is 0. The zero-order valence-corrected chi connectivity index (χ0v) is 16.5. The molecular weight excluding hydrogens is 352 g/mol. The monoisotopic (exact) mass is 378 g/mol. The van der Waals surface area contributed by atoms with Crippen molar-refractivity contribution >= 4 is 10.2 Å². The molecule has 2 aromatic rings. The van der Waals surface area contributed by atoms with E-state index in [1.165, 1.54) is 29.0 Å². The van der Waals surface area contributed by atoms with Crippen molar-refractivity contribution in [3.8, 4) is 5.75 Å². The maximum atomic E-state index is 13.0. The van der Waals surface area contributed by atoms with Gasteiger partial charge in [-0.15, -0.1) is 6.58 Å². The van der Waals surface area contributed by atoms with Crippen molar-refractivity contribution in [1.82, 2.24) is 8.61 Å². The van der Waals surface area contributed by atoms with E-state index in [1.54, 1.807) is 19.2 Å². The van der Waals surface area contributed by atoms with Gasteiger partial charge in [0.05, 0.1) is 26.0 Å². The second-order valence-electron chi connectivity index (χ2n) is 6.36. The first kappa shape index (κ1) is 20.2. The van der Waals surface area contributed by atoms with Gasteiger partial charge in [-0.05, 0) is 43.2 Å². The first-order valence-electron chi connectivity index (χ1n) is 8.25. The van der Waals surface area contributed by atoms with Gasteiger partial charge in [0, 0.05) is 14.1 Å². The molecule has 1 atom stereocenters. The van der Waals surface area contributed by atoms with Crippen LogP contribution in [0, 0.1) is 0 Å². The largest absolute Gasteiger partial charge is 0.497 e. The molecule has 1 aromatic carbocycles. The third-order valence-electron chi connectivity index (χ3n) is 4.04. The zero-order valence-electron chi connectivity index (χ0n) is 15.7. The summed E-state index contributed by atoms with van der Waals surface area (Å²) in [7, 11) is 0.956. The maximum absolute atomic E-state index is 13.0. The van der Waals surface area contributed by atoms with Crippen LogP contribution in [0.5, 0.6) is 5.75 Å². The van der Waals surface area contributed by atoms with Gasteiger partial charge < -0.3 is 9.15 Å². The van der Waals surface area contributed by atoms with Crippen molar-refractivity contribution in [2.75, 3.05) is 21.2 Å². The van der Waals surface area contributed by atoms with Crippen LogP contribution >= 0.6 is 0 Å². The van der Waals surface area contributed by atoms with Gasteiger partial charge in [-0.25, -0.2) is 0 Å². The summed E-state index contributed by atoms with van der Waals surface area (Å²) in [5.41, 5.74) is 1.76. The van der Waals surface area contributed by atoms with Gasteiger partial charge in [-0.3, -0.25) is 0 Å². The Morgan fingerprint density at radius 1 is 1.23 bits per heavy atom. The third-order valence-corrected chi connectivity index (χ3v) is 5.94. The lowest BCUT2D eigenvalue weighted by atomic mass is 10.00. The molecule has 2 rings (SSSR count). The molecule has 0 bridgehead atoms. The molecule has 0 fully saturated rings. The lowest BCUT2D eigenvalue weighted by Crippen LogP contribution is -2.42. The van der Waals surface area contributed by atoms with Crippen LogP contribution in [-0.4, -0.2) is 38.2 Å². The molecule has 0 saturated carbocycles. The zero-order chi connectivity index (χ0) is 19.3. The highest BCUT2D eigenvalue weighted by molar-refractivity contribution is 7.86. The summed E-state index contributed by atoms with van der Waals surface area (Å²) in [6.07, 6.45) is 2.04. The molecule has 0 radical (unpaired) electrons. The SMILES string of the molecule is C=C(C)CC(c1ccc(OC)cc1)N(Cc1ccco1)S(=O)(=O)N(C)C. The van der Waals surface area contributed by atoms with Crippen LogP contribution < -0.4 is 4.74 Å². The van der Waals surface area contributed by atoms with E-state index in [9.17, 15) is 8.42 Å². The Bertz CT molecular complexity index is 812. The summed E-state index contributed by atoms with van der Waals surface area (Å²) in [4.78, 5) is 0. The molecule has 0 aliphatic rings. The fourth-order valence-electron chi connectivity index (χ4n) is 2.66. The van der Waals surface area contributed by atoms with Crippen LogP contribution in [0.3, 0.4) is 0 Å². The molecule has 6 nitrogen and oxygen atoms in total. The number of hydrogen-bond acceptors (Lipinski definition) is 4. The average Bonchev–Trinajstić information content (AvgIpc) is 3.11. The van der Waals surface area contributed by atoms with Gasteiger partial charge in [-0.1, -0.05) is 17.7 Å². The molecule has 0 aliphatic carbocycles. The Labute approximate surface area is 155 Å². The third kappa shape index (κ3) is 4.75. The van der Waals surface area contributed by atoms with E-state index in [0.717, 1.165) is 16.9 Å². The fraction of sp³-hybridized carbons (Fsp3) is 0.368. The van der Waals surface area contributed by atoms with E-state index >= 15 is 0 Å². The smallest absolute Gasteiger partial charge is 0.282 e. The summed E-state index contributed by atoms with van der Waals surface area (Å²) in [6, 6.07) is 10.5. The van der Waals surface area contributed by atoms with Crippen molar-refractivity contribution in [2.24, 2.45) is 0 Å². The molecule has 26 heavy (non-hydrogen) atoms. The molecule has 0 N–H and O–H groups in total. The maximum Gasteiger partial charge on any atom is 0.282 e. The van der Waals surface area contributed by atoms with Gasteiger partial charge in [0.15, 0.2) is 0 Å². The second-order valence-corrected chi connectivity index (χ2v) is 8.46. The summed E-state index contributed by atoms with van der Waals surface area (Å²) in [5, 5.41) is 0. The van der Waals surface area contributed by atoms with Crippen molar-refractivity contribution in [3.63, 3.8) is 0 Å². The van der Waals surface area contributed by atoms with Crippen LogP contribution in [-0.2, 0) is 16.8 Å². The fourth-order valence-corrected chi connectivity index (χ4v) is 3.89. The van der Waals surface area contributed by atoms with Gasteiger partial charge >= 0.3 is 0 Å². The Balaban J connectivity index is 2.50. The predicted molar refractivity (Wildman–Crippen MR) is 102 cm³/mol. The average molecular weight is 378 g/mol. The van der Waals surface area contributed by atoms with E-state index in [0.29, 0.717) is 12.2 Å². The number of methoxy groups -OCH3 is 1. The Kier molecular flexibility index (Phi) is 6.63. The van der Waals surface area contributed by atoms with Crippen molar-refractivity contribution in [1.29, 1.82) is 0 Å². The van der Waals surface area contributed by atoms with Gasteiger partial charge in [0.1, 0.15) is 11.5 Å². The summed E-state index contributed by atoms with van der Waals surface area (Å²) in [5.74, 6) is 1.30. The molecule has 0 aliphatic heterocycles. The number of hydrogen-bond donors (Lipinski definition) is 0. The van der Waals surface area contributed by atoms with E-state index in [4.69, 9.17) is 9.15 Å². The highest BCUT2D eigenvalue weighted by Gasteiger charge is 2.33. The number of nitrogens with zero attached hydrogens (tertiary/aromatic N) is 2. The minimum absolute atomic E-state index is 0.136. The lowest BCUT2D eigenvalue weighted by molar-refractivity contribution is 0.273. The van der Waals surface area contributed by atoms with E-state index < -0.39 is 16.3 Å². The molecule has 1 aromatic heterocycles. The van der Waals surface area contributed by atoms with E-state index in [-0.39, 0.29) is 6.54 Å². The minimum atomic E-state index is -3.69. The Morgan fingerprint density at radius 3 is 2.35 bits per heavy atom. The molecule has 0 saturated heterocycles. The van der Waals surface area contributed by atoms with Crippen molar-refractivity contribution < 1.29 is 17.6 Å². The topological polar surface area (TPSA) is 63.0 Å². The highest BCUT2D eigenvalue weighted by Crippen LogP contribution is 2.33. The lowest BCUT2D eigenvalue weighted by Gasteiger charge is -2.33. The standard InChI is InChI=1S/C19H26N2O4S/c1-15(2)13-19(16-8-10-17(24-5)11-9-16)21(26(22,23)20(3)4)14-18-7-6-12-25-18/h6-12,19H,1,13-14H2,2-5H3. The van der Waals surface area contributed by atoms with E-state index in [1.807, 2.05) is 31.2 Å². The van der Waals surface area contributed by atoms with Crippen LogP contribution in [0.4, 0.5) is 0 Å². The first-order valence-corrected chi connectivity index (χ1v) is 9.65. The van der Waals surface area contributed by atoms with Gasteiger partial charge in [-0.2, -0.15) is 17.0 Å². The van der Waals surface area contributed by atoms with Crippen molar-refractivity contribution in [2.45, 2.75) is 25.9 Å². The van der Waals surface area contributed by atoms with Gasteiger partial charge in [0.2, 0.25) is 0 Å². The molecular formula is C19H26N2O4S. The van der Waals surface area contributed by atoms with Crippen LogP contribution in [0.15, 0.2) is 59.2 Å². The number of benzene rings is 1. The molecule has 0 amide bonds. The normalized spacial score (nSPS) is 13.2. The predicted octanol–water partition coefficient (Wildman–Crippen LogP) is 3.60. The second kappa shape index (κ2) is 8.53. The van der Waals surface area contributed by atoms with E-state index in [2.05, 4.69) is 6.58 Å². The number of furan rings is 1. The van der Waals surface area contributed by atoms with Crippen LogP contribution in [0.1, 0.15) is 30.7 Å².